The van der Waals surface area contributed by atoms with Crippen molar-refractivity contribution in [1.29, 1.82) is 0 Å². The maximum Gasteiger partial charge on any atom is 0.287 e. The van der Waals surface area contributed by atoms with Gasteiger partial charge in [0.15, 0.2) is 0 Å². The molecule has 0 aliphatic rings. The van der Waals surface area contributed by atoms with Gasteiger partial charge in [-0.2, -0.15) is 9.78 Å². The number of hydrogen-bond donors (Lipinski definition) is 0. The van der Waals surface area contributed by atoms with E-state index >= 15 is 0 Å². The SMILES string of the molecule is CCCc1nc2ccc(Br)cc2c(=O)n1N=Cc1ccccc1Oc1ccc([N+](=O)[O-])cn1. The summed E-state index contributed by atoms with van der Waals surface area (Å²) in [5, 5.41) is 15.7. The molecule has 0 saturated carbocycles. The molecule has 0 fully saturated rings. The number of nitro groups is 1. The van der Waals surface area contributed by atoms with Gasteiger partial charge in [0.1, 0.15) is 17.8 Å². The van der Waals surface area contributed by atoms with E-state index in [1.54, 1.807) is 30.3 Å². The number of aryl methyl sites for hydroxylation is 1. The molecule has 4 rings (SSSR count). The van der Waals surface area contributed by atoms with Gasteiger partial charge in [0, 0.05) is 28.6 Å². The Balaban J connectivity index is 1.71. The Labute approximate surface area is 196 Å². The zero-order valence-electron chi connectivity index (χ0n) is 17.5. The smallest absolute Gasteiger partial charge is 0.287 e. The van der Waals surface area contributed by atoms with Crippen LogP contribution in [0.3, 0.4) is 0 Å². The van der Waals surface area contributed by atoms with Gasteiger partial charge in [0.05, 0.1) is 22.0 Å². The first-order valence-electron chi connectivity index (χ1n) is 10.1. The predicted molar refractivity (Wildman–Crippen MR) is 128 cm³/mol. The molecule has 2 aromatic heterocycles. The van der Waals surface area contributed by atoms with Crippen LogP contribution in [0.1, 0.15) is 24.7 Å². The number of pyridine rings is 1. The first kappa shape index (κ1) is 22.3. The largest absolute Gasteiger partial charge is 0.438 e. The van der Waals surface area contributed by atoms with Crippen molar-refractivity contribution < 1.29 is 9.66 Å². The molecule has 0 spiro atoms. The summed E-state index contributed by atoms with van der Waals surface area (Å²) in [4.78, 5) is 32.0. The highest BCUT2D eigenvalue weighted by molar-refractivity contribution is 9.10. The third-order valence-corrected chi connectivity index (χ3v) is 5.22. The summed E-state index contributed by atoms with van der Waals surface area (Å²) >= 11 is 3.40. The highest BCUT2D eigenvalue weighted by Gasteiger charge is 2.12. The molecule has 9 nitrogen and oxygen atoms in total. The standard InChI is InChI=1S/C23H18BrN5O4/c1-2-5-21-27-19-10-8-16(24)12-18(19)23(30)28(21)26-13-15-6-3-4-7-20(15)33-22-11-9-17(14-25-22)29(31)32/h3-4,6-14H,2,5H2,1H3. The number of aromatic nitrogens is 3. The maximum atomic E-state index is 13.2. The lowest BCUT2D eigenvalue weighted by atomic mass is 10.2. The summed E-state index contributed by atoms with van der Waals surface area (Å²) in [7, 11) is 0. The minimum absolute atomic E-state index is 0.129. The summed E-state index contributed by atoms with van der Waals surface area (Å²) in [6.07, 6.45) is 4.03. The third kappa shape index (κ3) is 4.96. The normalized spacial score (nSPS) is 11.2. The van der Waals surface area contributed by atoms with E-state index in [1.807, 2.05) is 19.1 Å². The van der Waals surface area contributed by atoms with Crippen molar-refractivity contribution in [2.75, 3.05) is 0 Å². The van der Waals surface area contributed by atoms with Gasteiger partial charge in [-0.25, -0.2) is 9.97 Å². The third-order valence-electron chi connectivity index (χ3n) is 4.73. The molecule has 0 radical (unpaired) electrons. The van der Waals surface area contributed by atoms with Gasteiger partial charge in [-0.05, 0) is 36.8 Å². The average Bonchev–Trinajstić information content (AvgIpc) is 2.81. The van der Waals surface area contributed by atoms with Gasteiger partial charge in [-0.15, -0.1) is 0 Å². The number of hydrogen-bond acceptors (Lipinski definition) is 7. The molecule has 10 heteroatoms. The summed E-state index contributed by atoms with van der Waals surface area (Å²) < 4.78 is 7.88. The van der Waals surface area contributed by atoms with Crippen molar-refractivity contribution in [3.05, 3.63) is 97.1 Å². The fourth-order valence-electron chi connectivity index (χ4n) is 3.15. The van der Waals surface area contributed by atoms with Crippen LogP contribution in [0, 0.1) is 10.1 Å². The van der Waals surface area contributed by atoms with Gasteiger partial charge in [0.25, 0.3) is 11.2 Å². The number of benzene rings is 2. The Bertz CT molecular complexity index is 1420. The maximum absolute atomic E-state index is 13.2. The van der Waals surface area contributed by atoms with Crippen LogP contribution >= 0.6 is 15.9 Å². The van der Waals surface area contributed by atoms with Crippen molar-refractivity contribution >= 4 is 38.7 Å². The Morgan fingerprint density at radius 2 is 2.03 bits per heavy atom. The van der Waals surface area contributed by atoms with E-state index in [0.717, 1.165) is 17.1 Å². The van der Waals surface area contributed by atoms with Crippen LogP contribution in [0.4, 0.5) is 5.69 Å². The van der Waals surface area contributed by atoms with E-state index in [1.165, 1.54) is 23.0 Å². The highest BCUT2D eigenvalue weighted by Crippen LogP contribution is 2.24. The number of fused-ring (bicyclic) bond motifs is 1. The molecule has 0 unspecified atom stereocenters. The van der Waals surface area contributed by atoms with Crippen molar-refractivity contribution in [1.82, 2.24) is 14.6 Å². The van der Waals surface area contributed by atoms with E-state index in [4.69, 9.17) is 4.74 Å². The van der Waals surface area contributed by atoms with Gasteiger partial charge in [-0.1, -0.05) is 35.0 Å². The number of nitrogens with zero attached hydrogens (tertiary/aromatic N) is 5. The lowest BCUT2D eigenvalue weighted by Gasteiger charge is -2.10. The second kappa shape index (κ2) is 9.70. The van der Waals surface area contributed by atoms with Crippen LogP contribution in [0.5, 0.6) is 11.6 Å². The minimum atomic E-state index is -0.529. The van der Waals surface area contributed by atoms with Gasteiger partial charge >= 0.3 is 0 Å². The fourth-order valence-corrected chi connectivity index (χ4v) is 3.51. The Kier molecular flexibility index (Phi) is 6.55. The number of halogens is 1. The Morgan fingerprint density at radius 1 is 1.21 bits per heavy atom. The molecule has 0 amide bonds. The van der Waals surface area contributed by atoms with Crippen LogP contribution in [0.25, 0.3) is 10.9 Å². The molecule has 0 aliphatic heterocycles. The number of rotatable bonds is 7. The second-order valence-electron chi connectivity index (χ2n) is 7.05. The zero-order valence-corrected chi connectivity index (χ0v) is 19.1. The monoisotopic (exact) mass is 507 g/mol. The van der Waals surface area contributed by atoms with Crippen LogP contribution in [0.15, 0.2) is 75.2 Å². The summed E-state index contributed by atoms with van der Waals surface area (Å²) in [6, 6.07) is 15.2. The molecule has 0 atom stereocenters. The van der Waals surface area contributed by atoms with Crippen LogP contribution < -0.4 is 10.3 Å². The van der Waals surface area contributed by atoms with Crippen molar-refractivity contribution in [2.24, 2.45) is 5.10 Å². The second-order valence-corrected chi connectivity index (χ2v) is 7.97. The van der Waals surface area contributed by atoms with Crippen molar-refractivity contribution in [3.63, 3.8) is 0 Å². The van der Waals surface area contributed by atoms with Crippen LogP contribution in [0.2, 0.25) is 0 Å². The Hall–Kier alpha value is -3.92. The molecule has 166 valence electrons. The molecule has 0 aliphatic carbocycles. The summed E-state index contributed by atoms with van der Waals surface area (Å²) in [5.74, 6) is 1.19. The fraction of sp³-hybridized carbons (Fsp3) is 0.130. The van der Waals surface area contributed by atoms with E-state index in [9.17, 15) is 14.9 Å². The van der Waals surface area contributed by atoms with Crippen LogP contribution in [-0.4, -0.2) is 25.8 Å². The molecular formula is C23H18BrN5O4. The molecule has 0 saturated heterocycles. The first-order chi connectivity index (χ1) is 16.0. The van der Waals surface area contributed by atoms with E-state index in [-0.39, 0.29) is 17.1 Å². The molecule has 4 aromatic rings. The summed E-state index contributed by atoms with van der Waals surface area (Å²) in [6.45, 7) is 2.01. The van der Waals surface area contributed by atoms with Gasteiger partial charge < -0.3 is 4.74 Å². The highest BCUT2D eigenvalue weighted by atomic mass is 79.9. The quantitative estimate of drug-likeness (QED) is 0.195. The summed E-state index contributed by atoms with van der Waals surface area (Å²) in [5.41, 5.74) is 0.819. The van der Waals surface area contributed by atoms with Crippen molar-refractivity contribution in [3.8, 4) is 11.6 Å². The molecule has 2 aromatic carbocycles. The molecule has 0 N–H and O–H groups in total. The average molecular weight is 508 g/mol. The van der Waals surface area contributed by atoms with E-state index in [2.05, 4.69) is 31.0 Å². The molecule has 0 bridgehead atoms. The topological polar surface area (TPSA) is 113 Å². The first-order valence-corrected chi connectivity index (χ1v) is 10.9. The minimum Gasteiger partial charge on any atom is -0.438 e. The lowest BCUT2D eigenvalue weighted by Crippen LogP contribution is -2.22. The predicted octanol–water partition coefficient (Wildman–Crippen LogP) is 5.09. The molecule has 33 heavy (non-hydrogen) atoms. The van der Waals surface area contributed by atoms with Gasteiger partial charge in [-0.3, -0.25) is 14.9 Å². The molecular weight excluding hydrogens is 490 g/mol. The zero-order chi connectivity index (χ0) is 23.4. The van der Waals surface area contributed by atoms with Crippen LogP contribution in [-0.2, 0) is 6.42 Å². The van der Waals surface area contributed by atoms with E-state index in [0.29, 0.717) is 34.5 Å². The number of ether oxygens (including phenoxy) is 1. The molecule has 2 heterocycles. The van der Waals surface area contributed by atoms with Gasteiger partial charge in [0.2, 0.25) is 5.88 Å². The lowest BCUT2D eigenvalue weighted by molar-refractivity contribution is -0.385. The van der Waals surface area contributed by atoms with E-state index < -0.39 is 4.92 Å². The Morgan fingerprint density at radius 3 is 2.76 bits per heavy atom. The van der Waals surface area contributed by atoms with Crippen molar-refractivity contribution in [2.45, 2.75) is 19.8 Å². The number of para-hydroxylation sites is 1.